The number of carbonyl (C=O) groups excluding carboxylic acids is 1. The van der Waals surface area contributed by atoms with Crippen LogP contribution in [0.15, 0.2) is 23.1 Å². The molecule has 0 saturated carbocycles. The molecule has 2 aliphatic rings. The Kier molecular flexibility index (Phi) is 12.8. The molecule has 5 N–H and O–H groups in total. The minimum atomic E-state index is -3.93. The fraction of sp³-hybridized carbons (Fsp3) is 0.692. The van der Waals surface area contributed by atoms with Crippen LogP contribution in [0.1, 0.15) is 52.0 Å². The van der Waals surface area contributed by atoms with Crippen molar-refractivity contribution in [1.82, 2.24) is 9.62 Å². The number of benzene rings is 1. The third kappa shape index (κ3) is 10.0. The van der Waals surface area contributed by atoms with E-state index in [0.29, 0.717) is 44.0 Å². The van der Waals surface area contributed by atoms with Crippen molar-refractivity contribution in [3.63, 3.8) is 0 Å². The lowest BCUT2D eigenvalue weighted by atomic mass is 9.82. The van der Waals surface area contributed by atoms with Crippen molar-refractivity contribution >= 4 is 39.3 Å². The molecule has 0 aliphatic carbocycles. The standard InChI is InChI=1S/C24H39FN4O3S2.C2H4O2/c1-24(2)15-19-5-3-6-21(22(19)27-17-24)34(31,32)28-20(16-33-14-4-11-26)23(30)29-12-8-18(7-10-25)9-13-29;1-2(3)4/h3,5-6,18,20,27-28H,4,7-17,26H2,1-2H3;1H3,(H,3,4)/t20-;/m0./s1. The molecule has 2 aliphatic heterocycles. The number of amides is 1. The van der Waals surface area contributed by atoms with E-state index in [2.05, 4.69) is 23.9 Å². The number of anilines is 1. The maximum atomic E-state index is 13.5. The Morgan fingerprint density at radius 3 is 2.58 bits per heavy atom. The van der Waals surface area contributed by atoms with Crippen LogP contribution in [0.25, 0.3) is 0 Å². The summed E-state index contributed by atoms with van der Waals surface area (Å²) in [5.74, 6) is 0.353. The average Bonchev–Trinajstić information content (AvgIpc) is 2.84. The lowest BCUT2D eigenvalue weighted by Gasteiger charge is -2.35. The van der Waals surface area contributed by atoms with Crippen LogP contribution in [0.2, 0.25) is 0 Å². The fourth-order valence-corrected chi connectivity index (χ4v) is 7.18. The van der Waals surface area contributed by atoms with Crippen molar-refractivity contribution in [3.8, 4) is 0 Å². The summed E-state index contributed by atoms with van der Waals surface area (Å²) in [6, 6.07) is 4.45. The van der Waals surface area contributed by atoms with E-state index in [4.69, 9.17) is 15.6 Å². The highest BCUT2D eigenvalue weighted by Gasteiger charge is 2.34. The summed E-state index contributed by atoms with van der Waals surface area (Å²) in [7, 11) is -3.93. The molecule has 0 radical (unpaired) electrons. The predicted octanol–water partition coefficient (Wildman–Crippen LogP) is 3.10. The number of carboxylic acids is 1. The predicted molar refractivity (Wildman–Crippen MR) is 151 cm³/mol. The monoisotopic (exact) mass is 574 g/mol. The van der Waals surface area contributed by atoms with Crippen LogP contribution in [0.5, 0.6) is 0 Å². The van der Waals surface area contributed by atoms with Crippen LogP contribution < -0.4 is 15.8 Å². The second-order valence-corrected chi connectivity index (χ2v) is 13.5. The van der Waals surface area contributed by atoms with Crippen LogP contribution in [-0.4, -0.2) is 80.7 Å². The molecule has 1 saturated heterocycles. The molecule has 1 atom stereocenters. The second-order valence-electron chi connectivity index (χ2n) is 10.6. The van der Waals surface area contributed by atoms with Gasteiger partial charge < -0.3 is 21.1 Å². The Bertz CT molecular complexity index is 1030. The van der Waals surface area contributed by atoms with Crippen molar-refractivity contribution in [2.75, 3.05) is 49.7 Å². The van der Waals surface area contributed by atoms with E-state index in [0.717, 1.165) is 43.9 Å². The Morgan fingerprint density at radius 1 is 1.32 bits per heavy atom. The largest absolute Gasteiger partial charge is 0.481 e. The van der Waals surface area contributed by atoms with Gasteiger partial charge in [-0.1, -0.05) is 26.0 Å². The van der Waals surface area contributed by atoms with Gasteiger partial charge in [0.25, 0.3) is 5.97 Å². The number of fused-ring (bicyclic) bond motifs is 1. The summed E-state index contributed by atoms with van der Waals surface area (Å²) < 4.78 is 42.4. The number of likely N-dealkylation sites (tertiary alicyclic amines) is 1. The fourth-order valence-electron chi connectivity index (χ4n) is 4.66. The zero-order valence-electron chi connectivity index (χ0n) is 22.7. The summed E-state index contributed by atoms with van der Waals surface area (Å²) in [5.41, 5.74) is 7.22. The number of sulfonamides is 1. The van der Waals surface area contributed by atoms with Crippen molar-refractivity contribution in [1.29, 1.82) is 0 Å². The first-order valence-corrected chi connectivity index (χ1v) is 15.7. The maximum absolute atomic E-state index is 13.5. The quantitative estimate of drug-likeness (QED) is 0.296. The van der Waals surface area contributed by atoms with Gasteiger partial charge in [0.2, 0.25) is 15.9 Å². The molecule has 38 heavy (non-hydrogen) atoms. The number of hydrogen-bond donors (Lipinski definition) is 4. The molecule has 216 valence electrons. The number of para-hydroxylation sites is 1. The summed E-state index contributed by atoms with van der Waals surface area (Å²) in [6.45, 7) is 7.33. The smallest absolute Gasteiger partial charge is 0.300 e. The van der Waals surface area contributed by atoms with Crippen molar-refractivity contribution in [2.45, 2.75) is 63.8 Å². The van der Waals surface area contributed by atoms with Crippen molar-refractivity contribution in [3.05, 3.63) is 23.8 Å². The number of hydrogen-bond acceptors (Lipinski definition) is 7. The molecule has 1 amide bonds. The topological polar surface area (TPSA) is 142 Å². The Hall–Kier alpha value is -1.89. The molecule has 1 fully saturated rings. The maximum Gasteiger partial charge on any atom is 0.300 e. The molecular weight excluding hydrogens is 531 g/mol. The molecular formula is C26H43FN4O5S2. The van der Waals surface area contributed by atoms with E-state index in [1.165, 1.54) is 11.8 Å². The molecule has 0 aromatic heterocycles. The third-order valence-corrected chi connectivity index (χ3v) is 9.29. The van der Waals surface area contributed by atoms with Crippen LogP contribution in [0, 0.1) is 11.3 Å². The number of nitrogens with zero attached hydrogens (tertiary/aromatic N) is 1. The summed E-state index contributed by atoms with van der Waals surface area (Å²) in [6.07, 6.45) is 3.61. The van der Waals surface area contributed by atoms with Gasteiger partial charge >= 0.3 is 0 Å². The molecule has 0 bridgehead atoms. The van der Waals surface area contributed by atoms with E-state index in [-0.39, 0.29) is 28.8 Å². The zero-order valence-corrected chi connectivity index (χ0v) is 24.3. The van der Waals surface area contributed by atoms with Crippen molar-refractivity contribution in [2.24, 2.45) is 17.1 Å². The number of carbonyl (C=O) groups is 2. The molecule has 12 heteroatoms. The number of nitrogens with two attached hydrogens (primary N) is 1. The van der Waals surface area contributed by atoms with Gasteiger partial charge in [-0.3, -0.25) is 14.0 Å². The first-order chi connectivity index (χ1) is 17.9. The number of nitrogens with one attached hydrogen (secondary N) is 2. The number of alkyl halides is 1. The average molecular weight is 575 g/mol. The minimum Gasteiger partial charge on any atom is -0.481 e. The highest BCUT2D eigenvalue weighted by Crippen LogP contribution is 2.36. The first kappa shape index (κ1) is 32.3. The normalized spacial score (nSPS) is 18.0. The summed E-state index contributed by atoms with van der Waals surface area (Å²) in [4.78, 5) is 24.3. The highest BCUT2D eigenvalue weighted by atomic mass is 32.2. The van der Waals surface area contributed by atoms with Crippen LogP contribution in [0.4, 0.5) is 10.1 Å². The SMILES string of the molecule is CC(=O)O.CC1(C)CNc2c(cccc2S(=O)(=O)N[C@@H](CSCCCN)C(=O)N2CCC(CCF)CC2)C1. The molecule has 0 unspecified atom stereocenters. The molecule has 1 aromatic carbocycles. The van der Waals surface area contributed by atoms with Crippen molar-refractivity contribution < 1.29 is 27.5 Å². The van der Waals surface area contributed by atoms with E-state index < -0.39 is 22.0 Å². The Labute approximate surface area is 230 Å². The van der Waals surface area contributed by atoms with Gasteiger partial charge in [0.05, 0.1) is 12.4 Å². The number of rotatable bonds is 11. The number of halogens is 1. The second kappa shape index (κ2) is 15.0. The van der Waals surface area contributed by atoms with Gasteiger partial charge in [-0.05, 0) is 67.4 Å². The van der Waals surface area contributed by atoms with Crippen LogP contribution >= 0.6 is 11.8 Å². The van der Waals surface area contributed by atoms with E-state index >= 15 is 0 Å². The van der Waals surface area contributed by atoms with Gasteiger partial charge in [-0.25, -0.2) is 8.42 Å². The Balaban J connectivity index is 0.00000118. The van der Waals surface area contributed by atoms with Gasteiger partial charge in [0, 0.05) is 32.3 Å². The molecule has 2 heterocycles. The van der Waals surface area contributed by atoms with Gasteiger partial charge in [-0.15, -0.1) is 0 Å². The number of thioether (sulfide) groups is 1. The number of carboxylic acid groups (broad SMARTS) is 1. The summed E-state index contributed by atoms with van der Waals surface area (Å²) in [5, 5.41) is 10.7. The third-order valence-electron chi connectivity index (χ3n) is 6.63. The molecule has 3 rings (SSSR count). The number of piperidine rings is 1. The first-order valence-electron chi connectivity index (χ1n) is 13.1. The van der Waals surface area contributed by atoms with Gasteiger partial charge in [0.15, 0.2) is 0 Å². The zero-order chi connectivity index (χ0) is 28.3. The van der Waals surface area contributed by atoms with Gasteiger partial charge in [0.1, 0.15) is 10.9 Å². The summed E-state index contributed by atoms with van der Waals surface area (Å²) >= 11 is 1.53. The lowest BCUT2D eigenvalue weighted by molar-refractivity contribution is -0.135. The van der Waals surface area contributed by atoms with Crippen LogP contribution in [-0.2, 0) is 26.0 Å². The van der Waals surface area contributed by atoms with Crippen LogP contribution in [0.3, 0.4) is 0 Å². The molecule has 9 nitrogen and oxygen atoms in total. The number of aliphatic carboxylic acids is 1. The minimum absolute atomic E-state index is 0.0369. The lowest BCUT2D eigenvalue weighted by Crippen LogP contribution is -2.52. The highest BCUT2D eigenvalue weighted by molar-refractivity contribution is 7.99. The van der Waals surface area contributed by atoms with E-state index in [1.807, 2.05) is 6.07 Å². The van der Waals surface area contributed by atoms with E-state index in [1.54, 1.807) is 17.0 Å². The molecule has 1 aromatic rings. The Morgan fingerprint density at radius 2 is 1.97 bits per heavy atom. The van der Waals surface area contributed by atoms with Gasteiger partial charge in [-0.2, -0.15) is 16.5 Å². The molecule has 0 spiro atoms. The van der Waals surface area contributed by atoms with E-state index in [9.17, 15) is 17.6 Å².